The second kappa shape index (κ2) is 10.8. The van der Waals surface area contributed by atoms with Crippen molar-refractivity contribution in [2.45, 2.75) is 31.3 Å². The predicted molar refractivity (Wildman–Crippen MR) is 125 cm³/mol. The van der Waals surface area contributed by atoms with Crippen LogP contribution in [0.2, 0.25) is 0 Å². The highest BCUT2D eigenvalue weighted by atomic mass is 32.2. The van der Waals surface area contributed by atoms with Gasteiger partial charge in [-0.3, -0.25) is 9.69 Å². The summed E-state index contributed by atoms with van der Waals surface area (Å²) in [6, 6.07) is 9.60. The molecule has 0 unspecified atom stereocenters. The summed E-state index contributed by atoms with van der Waals surface area (Å²) in [5.74, 6) is 0.760. The summed E-state index contributed by atoms with van der Waals surface area (Å²) in [5, 5.41) is 2.83. The van der Waals surface area contributed by atoms with Crippen LogP contribution < -0.4 is 19.0 Å². The molecule has 1 amide bonds. The molecule has 194 valence electrons. The van der Waals surface area contributed by atoms with Gasteiger partial charge >= 0.3 is 15.6 Å². The number of halogens is 3. The lowest BCUT2D eigenvalue weighted by atomic mass is 9.99. The zero-order valence-corrected chi connectivity index (χ0v) is 20.0. The van der Waals surface area contributed by atoms with Gasteiger partial charge in [0.15, 0.2) is 11.5 Å². The van der Waals surface area contributed by atoms with E-state index in [-0.39, 0.29) is 18.4 Å². The van der Waals surface area contributed by atoms with Crippen LogP contribution in [0.4, 0.5) is 13.2 Å². The van der Waals surface area contributed by atoms with Crippen molar-refractivity contribution in [1.29, 1.82) is 0 Å². The largest absolute Gasteiger partial charge is 0.534 e. The summed E-state index contributed by atoms with van der Waals surface area (Å²) in [6.45, 7) is 2.67. The van der Waals surface area contributed by atoms with Crippen LogP contribution in [0.5, 0.6) is 17.2 Å². The Hall–Kier alpha value is -3.25. The summed E-state index contributed by atoms with van der Waals surface area (Å²) in [7, 11) is -5.70. The van der Waals surface area contributed by atoms with E-state index in [1.807, 2.05) is 6.07 Å². The number of benzene rings is 2. The van der Waals surface area contributed by atoms with Crippen LogP contribution >= 0.6 is 0 Å². The number of amides is 1. The van der Waals surface area contributed by atoms with Crippen LogP contribution in [-0.4, -0.2) is 51.2 Å². The molecule has 2 aliphatic rings. The Bertz CT molecular complexity index is 1250. The van der Waals surface area contributed by atoms with Gasteiger partial charge in [-0.25, -0.2) is 0 Å². The molecule has 4 rings (SSSR count). The van der Waals surface area contributed by atoms with Crippen LogP contribution in [0.3, 0.4) is 0 Å². The minimum absolute atomic E-state index is 0.189. The molecular weight excluding hydrogens is 501 g/mol. The standard InChI is InChI=1S/C24H25F3N2O6S/c25-24(26,27)36(31,32)35-20-6-5-18-9-12-29(15-19(18)14-20)11-2-1-10-28-23(30)8-4-17-3-7-21-22(13-17)34-16-33-21/h3-8,13-14H,1-2,9-12,15-16H2,(H,28,30). The highest BCUT2D eigenvalue weighted by molar-refractivity contribution is 7.88. The molecule has 0 aromatic heterocycles. The highest BCUT2D eigenvalue weighted by Crippen LogP contribution is 2.33. The number of carbonyl (C=O) groups excluding carboxylic acids is 1. The average Bonchev–Trinajstić information content (AvgIpc) is 3.29. The van der Waals surface area contributed by atoms with Crippen molar-refractivity contribution < 1.29 is 40.0 Å². The number of rotatable bonds is 9. The topological polar surface area (TPSA) is 94.2 Å². The molecule has 36 heavy (non-hydrogen) atoms. The van der Waals surface area contributed by atoms with Gasteiger partial charge in [0, 0.05) is 25.7 Å². The molecule has 2 heterocycles. The van der Waals surface area contributed by atoms with Crippen molar-refractivity contribution in [1.82, 2.24) is 10.2 Å². The number of alkyl halides is 3. The summed E-state index contributed by atoms with van der Waals surface area (Å²) in [5.41, 5.74) is -2.97. The molecule has 2 aliphatic heterocycles. The average molecular weight is 527 g/mol. The van der Waals surface area contributed by atoms with Gasteiger partial charge in [0.2, 0.25) is 12.7 Å². The fourth-order valence-corrected chi connectivity index (χ4v) is 4.38. The Morgan fingerprint density at radius 1 is 1.08 bits per heavy atom. The summed E-state index contributed by atoms with van der Waals surface area (Å²) in [6.07, 6.45) is 5.40. The quantitative estimate of drug-likeness (QED) is 0.231. The molecule has 2 aromatic rings. The van der Waals surface area contributed by atoms with E-state index < -0.39 is 15.6 Å². The maximum atomic E-state index is 12.6. The molecule has 8 nitrogen and oxygen atoms in total. The number of carbonyl (C=O) groups is 1. The van der Waals surface area contributed by atoms with Crippen LogP contribution in [-0.2, 0) is 27.9 Å². The molecule has 0 atom stereocenters. The zero-order valence-electron chi connectivity index (χ0n) is 19.2. The first-order valence-electron chi connectivity index (χ1n) is 11.3. The molecule has 2 aromatic carbocycles. The molecule has 0 bridgehead atoms. The first-order chi connectivity index (χ1) is 17.1. The van der Waals surface area contributed by atoms with Crippen LogP contribution in [0.15, 0.2) is 42.5 Å². The number of fused-ring (bicyclic) bond motifs is 2. The van der Waals surface area contributed by atoms with Crippen LogP contribution in [0, 0.1) is 0 Å². The van der Waals surface area contributed by atoms with Gasteiger partial charge < -0.3 is 19.0 Å². The number of hydrogen-bond donors (Lipinski definition) is 1. The first-order valence-corrected chi connectivity index (χ1v) is 12.7. The van der Waals surface area contributed by atoms with E-state index >= 15 is 0 Å². The molecule has 0 radical (unpaired) electrons. The highest BCUT2D eigenvalue weighted by Gasteiger charge is 2.48. The first kappa shape index (κ1) is 25.8. The van der Waals surface area contributed by atoms with E-state index in [1.165, 1.54) is 18.2 Å². The number of nitrogens with one attached hydrogen (secondary N) is 1. The molecule has 0 aliphatic carbocycles. The molecule has 0 saturated heterocycles. The third-order valence-electron chi connectivity index (χ3n) is 5.78. The van der Waals surface area contributed by atoms with E-state index in [4.69, 9.17) is 9.47 Å². The summed E-state index contributed by atoms with van der Waals surface area (Å²) < 4.78 is 75.1. The molecule has 0 fully saturated rings. The molecule has 1 N–H and O–H groups in total. The van der Waals surface area contributed by atoms with E-state index in [0.29, 0.717) is 31.0 Å². The third kappa shape index (κ3) is 6.49. The second-order valence-corrected chi connectivity index (χ2v) is 9.92. The van der Waals surface area contributed by atoms with Crippen molar-refractivity contribution in [2.24, 2.45) is 0 Å². The van der Waals surface area contributed by atoms with Crippen LogP contribution in [0.25, 0.3) is 6.08 Å². The summed E-state index contributed by atoms with van der Waals surface area (Å²) >= 11 is 0. The van der Waals surface area contributed by atoms with Crippen molar-refractivity contribution in [2.75, 3.05) is 26.4 Å². The fourth-order valence-electron chi connectivity index (χ4n) is 3.93. The van der Waals surface area contributed by atoms with E-state index in [9.17, 15) is 26.4 Å². The van der Waals surface area contributed by atoms with E-state index in [2.05, 4.69) is 14.4 Å². The van der Waals surface area contributed by atoms with Gasteiger partial charge in [0.1, 0.15) is 5.75 Å². The van der Waals surface area contributed by atoms with E-state index in [0.717, 1.165) is 42.6 Å². The SMILES string of the molecule is O=C(C=Cc1ccc2c(c1)OCO2)NCCCCN1CCc2ccc(OS(=O)(=O)C(F)(F)F)cc2C1. The van der Waals surface area contributed by atoms with Crippen molar-refractivity contribution >= 4 is 22.1 Å². The number of nitrogens with zero attached hydrogens (tertiary/aromatic N) is 1. The van der Waals surface area contributed by atoms with E-state index in [1.54, 1.807) is 24.3 Å². The third-order valence-corrected chi connectivity index (χ3v) is 6.76. The summed E-state index contributed by atoms with van der Waals surface area (Å²) in [4.78, 5) is 14.2. The zero-order chi connectivity index (χ0) is 25.8. The normalized spacial score (nSPS) is 15.6. The minimum Gasteiger partial charge on any atom is -0.454 e. The van der Waals surface area contributed by atoms with Gasteiger partial charge in [-0.2, -0.15) is 21.6 Å². The van der Waals surface area contributed by atoms with Gasteiger partial charge in [-0.1, -0.05) is 12.1 Å². The Kier molecular flexibility index (Phi) is 7.74. The molecular formula is C24H25F3N2O6S. The molecule has 12 heteroatoms. The minimum atomic E-state index is -5.70. The fraction of sp³-hybridized carbons (Fsp3) is 0.375. The monoisotopic (exact) mass is 526 g/mol. The smallest absolute Gasteiger partial charge is 0.454 e. The Labute approximate surface area is 206 Å². The van der Waals surface area contributed by atoms with Gasteiger partial charge in [0.05, 0.1) is 0 Å². The lowest BCUT2D eigenvalue weighted by Gasteiger charge is -2.29. The maximum absolute atomic E-state index is 12.6. The maximum Gasteiger partial charge on any atom is 0.534 e. The Balaban J connectivity index is 1.18. The Morgan fingerprint density at radius 2 is 1.89 bits per heavy atom. The van der Waals surface area contributed by atoms with Gasteiger partial charge in [-0.05, 0) is 72.8 Å². The van der Waals surface area contributed by atoms with Crippen molar-refractivity contribution in [3.05, 3.63) is 59.2 Å². The van der Waals surface area contributed by atoms with Crippen molar-refractivity contribution in [3.63, 3.8) is 0 Å². The van der Waals surface area contributed by atoms with Gasteiger partial charge in [-0.15, -0.1) is 0 Å². The lowest BCUT2D eigenvalue weighted by Crippen LogP contribution is -2.32. The predicted octanol–water partition coefficient (Wildman–Crippen LogP) is 3.61. The van der Waals surface area contributed by atoms with Crippen molar-refractivity contribution in [3.8, 4) is 17.2 Å². The van der Waals surface area contributed by atoms with Gasteiger partial charge in [0.25, 0.3) is 0 Å². The Morgan fingerprint density at radius 3 is 2.69 bits per heavy atom. The molecule has 0 saturated carbocycles. The van der Waals surface area contributed by atoms with Crippen LogP contribution in [0.1, 0.15) is 29.5 Å². The molecule has 0 spiro atoms. The number of unbranched alkanes of at least 4 members (excludes halogenated alkanes) is 1. The lowest BCUT2D eigenvalue weighted by molar-refractivity contribution is -0.116. The number of hydrogen-bond acceptors (Lipinski definition) is 7. The second-order valence-electron chi connectivity index (χ2n) is 8.38. The number of ether oxygens (including phenoxy) is 2.